The number of carbonyl (C=O) groups is 1. The Morgan fingerprint density at radius 2 is 1.90 bits per heavy atom. The normalized spacial score (nSPS) is 10.2. The van der Waals surface area contributed by atoms with Gasteiger partial charge in [-0.2, -0.15) is 0 Å². The molecule has 0 saturated carbocycles. The van der Waals surface area contributed by atoms with Gasteiger partial charge in [0.05, 0.1) is 29.1 Å². The fraction of sp³-hybridized carbons (Fsp3) is 0.133. The number of nitrogens with one attached hydrogen (secondary N) is 1. The minimum Gasteiger partial charge on any atom is -0.465 e. The molecular weight excluding hydrogens is 276 g/mol. The van der Waals surface area contributed by atoms with Gasteiger partial charge in [-0.15, -0.1) is 0 Å². The van der Waals surface area contributed by atoms with Crippen molar-refractivity contribution in [2.75, 3.05) is 18.2 Å². The Bertz CT molecular complexity index is 656. The largest absolute Gasteiger partial charge is 0.465 e. The third-order valence-electron chi connectivity index (χ3n) is 2.84. The van der Waals surface area contributed by atoms with Crippen LogP contribution in [0.25, 0.3) is 0 Å². The Hall–Kier alpha value is -2.20. The number of benzene rings is 2. The van der Waals surface area contributed by atoms with Gasteiger partial charge in [0.2, 0.25) is 0 Å². The maximum atomic E-state index is 11.8. The van der Waals surface area contributed by atoms with Gasteiger partial charge in [0.15, 0.2) is 0 Å². The van der Waals surface area contributed by atoms with Crippen LogP contribution < -0.4 is 11.1 Å². The van der Waals surface area contributed by atoms with Crippen LogP contribution in [0.3, 0.4) is 0 Å². The summed E-state index contributed by atoms with van der Waals surface area (Å²) in [5.74, 6) is -0.456. The van der Waals surface area contributed by atoms with Gasteiger partial charge in [-0.1, -0.05) is 17.7 Å². The summed E-state index contributed by atoms with van der Waals surface area (Å²) < 4.78 is 4.75. The van der Waals surface area contributed by atoms with Crippen LogP contribution in [-0.4, -0.2) is 13.1 Å². The molecule has 0 spiro atoms. The molecule has 3 N–H and O–H groups in total. The van der Waals surface area contributed by atoms with Crippen LogP contribution in [0, 0.1) is 6.92 Å². The van der Waals surface area contributed by atoms with Crippen LogP contribution in [0.4, 0.5) is 17.1 Å². The van der Waals surface area contributed by atoms with Crippen molar-refractivity contribution < 1.29 is 9.53 Å². The average Bonchev–Trinajstić information content (AvgIpc) is 2.42. The van der Waals surface area contributed by atoms with Crippen molar-refractivity contribution in [2.45, 2.75) is 6.92 Å². The van der Waals surface area contributed by atoms with Gasteiger partial charge in [0, 0.05) is 5.69 Å². The molecule has 0 heterocycles. The van der Waals surface area contributed by atoms with E-state index in [1.807, 2.05) is 25.1 Å². The molecule has 0 aliphatic heterocycles. The number of hydrogen-bond donors (Lipinski definition) is 2. The van der Waals surface area contributed by atoms with E-state index in [0.29, 0.717) is 27.6 Å². The zero-order chi connectivity index (χ0) is 14.7. The fourth-order valence-electron chi connectivity index (χ4n) is 1.82. The minimum absolute atomic E-state index is 0.365. The highest BCUT2D eigenvalue weighted by Gasteiger charge is 2.13. The molecule has 0 radical (unpaired) electrons. The van der Waals surface area contributed by atoms with Gasteiger partial charge in [0.25, 0.3) is 0 Å². The van der Waals surface area contributed by atoms with Crippen molar-refractivity contribution in [1.82, 2.24) is 0 Å². The summed E-state index contributed by atoms with van der Waals surface area (Å²) in [4.78, 5) is 11.8. The summed E-state index contributed by atoms with van der Waals surface area (Å²) in [6, 6.07) is 10.6. The minimum atomic E-state index is -0.456. The van der Waals surface area contributed by atoms with E-state index >= 15 is 0 Å². The number of nitrogens with two attached hydrogens (primary N) is 1. The van der Waals surface area contributed by atoms with Crippen molar-refractivity contribution in [3.05, 3.63) is 52.5 Å². The number of nitrogen functional groups attached to an aromatic ring is 1. The van der Waals surface area contributed by atoms with E-state index in [0.717, 1.165) is 5.56 Å². The molecule has 2 aromatic carbocycles. The Kier molecular flexibility index (Phi) is 4.15. The maximum absolute atomic E-state index is 11.8. The van der Waals surface area contributed by atoms with Crippen LogP contribution in [-0.2, 0) is 4.74 Å². The molecule has 0 fully saturated rings. The summed E-state index contributed by atoms with van der Waals surface area (Å²) in [7, 11) is 1.33. The second-order valence-corrected chi connectivity index (χ2v) is 4.81. The molecule has 2 aromatic rings. The molecule has 2 rings (SSSR count). The Labute approximate surface area is 122 Å². The number of anilines is 3. The Morgan fingerprint density at radius 3 is 2.55 bits per heavy atom. The van der Waals surface area contributed by atoms with Gasteiger partial charge in [-0.3, -0.25) is 0 Å². The number of aryl methyl sites for hydroxylation is 1. The van der Waals surface area contributed by atoms with Crippen molar-refractivity contribution in [3.63, 3.8) is 0 Å². The number of ether oxygens (including phenoxy) is 1. The number of rotatable bonds is 3. The van der Waals surface area contributed by atoms with E-state index in [-0.39, 0.29) is 0 Å². The summed E-state index contributed by atoms with van der Waals surface area (Å²) in [5.41, 5.74) is 8.93. The first-order valence-corrected chi connectivity index (χ1v) is 6.40. The van der Waals surface area contributed by atoms with Gasteiger partial charge in [0.1, 0.15) is 0 Å². The summed E-state index contributed by atoms with van der Waals surface area (Å²) >= 11 is 6.17. The van der Waals surface area contributed by atoms with Crippen LogP contribution in [0.2, 0.25) is 5.02 Å². The lowest BCUT2D eigenvalue weighted by molar-refractivity contribution is 0.0602. The van der Waals surface area contributed by atoms with Crippen LogP contribution >= 0.6 is 11.6 Å². The van der Waals surface area contributed by atoms with Gasteiger partial charge in [-0.05, 0) is 42.8 Å². The van der Waals surface area contributed by atoms with E-state index in [9.17, 15) is 4.79 Å². The van der Waals surface area contributed by atoms with Gasteiger partial charge >= 0.3 is 5.97 Å². The average molecular weight is 291 g/mol. The molecular formula is C15H15ClN2O2. The number of halogens is 1. The van der Waals surface area contributed by atoms with Crippen LogP contribution in [0.15, 0.2) is 36.4 Å². The second-order valence-electron chi connectivity index (χ2n) is 4.40. The zero-order valence-corrected chi connectivity index (χ0v) is 12.0. The van der Waals surface area contributed by atoms with Gasteiger partial charge in [-0.25, -0.2) is 4.79 Å². The number of methoxy groups -OCH3 is 1. The van der Waals surface area contributed by atoms with Crippen molar-refractivity contribution in [1.29, 1.82) is 0 Å². The first-order valence-electron chi connectivity index (χ1n) is 6.02. The molecule has 0 atom stereocenters. The van der Waals surface area contributed by atoms with Crippen LogP contribution in [0.5, 0.6) is 0 Å². The van der Waals surface area contributed by atoms with Crippen molar-refractivity contribution in [3.8, 4) is 0 Å². The summed E-state index contributed by atoms with van der Waals surface area (Å²) in [5, 5.41) is 3.70. The topological polar surface area (TPSA) is 64.3 Å². The molecule has 0 saturated heterocycles. The van der Waals surface area contributed by atoms with E-state index in [1.165, 1.54) is 7.11 Å². The Balaban J connectivity index is 2.40. The van der Waals surface area contributed by atoms with E-state index in [1.54, 1.807) is 18.2 Å². The molecule has 0 aliphatic rings. The SMILES string of the molecule is COC(=O)c1cc(N)ccc1Nc1ccc(C)cc1Cl. The lowest BCUT2D eigenvalue weighted by Gasteiger charge is -2.13. The summed E-state index contributed by atoms with van der Waals surface area (Å²) in [6.07, 6.45) is 0. The van der Waals surface area contributed by atoms with Gasteiger partial charge < -0.3 is 15.8 Å². The lowest BCUT2D eigenvalue weighted by Crippen LogP contribution is -2.06. The third-order valence-corrected chi connectivity index (χ3v) is 3.16. The highest BCUT2D eigenvalue weighted by atomic mass is 35.5. The molecule has 4 nitrogen and oxygen atoms in total. The molecule has 20 heavy (non-hydrogen) atoms. The molecule has 0 aromatic heterocycles. The molecule has 104 valence electrons. The first kappa shape index (κ1) is 14.2. The molecule has 0 bridgehead atoms. The monoisotopic (exact) mass is 290 g/mol. The smallest absolute Gasteiger partial charge is 0.340 e. The summed E-state index contributed by atoms with van der Waals surface area (Å²) in [6.45, 7) is 1.96. The third kappa shape index (κ3) is 3.03. The van der Waals surface area contributed by atoms with Crippen molar-refractivity contribution >= 4 is 34.6 Å². The van der Waals surface area contributed by atoms with E-state index in [4.69, 9.17) is 22.1 Å². The van der Waals surface area contributed by atoms with E-state index in [2.05, 4.69) is 5.32 Å². The quantitative estimate of drug-likeness (QED) is 0.667. The number of esters is 1. The van der Waals surface area contributed by atoms with E-state index < -0.39 is 5.97 Å². The number of hydrogen-bond acceptors (Lipinski definition) is 4. The highest BCUT2D eigenvalue weighted by Crippen LogP contribution is 2.29. The standard InChI is InChI=1S/C15H15ClN2O2/c1-9-3-5-14(12(16)7-9)18-13-6-4-10(17)8-11(13)15(19)20-2/h3-8,18H,17H2,1-2H3. The molecule has 0 unspecified atom stereocenters. The molecule has 0 amide bonds. The lowest BCUT2D eigenvalue weighted by atomic mass is 10.1. The molecule has 0 aliphatic carbocycles. The zero-order valence-electron chi connectivity index (χ0n) is 11.2. The second kappa shape index (κ2) is 5.84. The highest BCUT2D eigenvalue weighted by molar-refractivity contribution is 6.33. The fourth-order valence-corrected chi connectivity index (χ4v) is 2.10. The predicted molar refractivity (Wildman–Crippen MR) is 81.7 cm³/mol. The van der Waals surface area contributed by atoms with Crippen molar-refractivity contribution in [2.24, 2.45) is 0 Å². The maximum Gasteiger partial charge on any atom is 0.340 e. The van der Waals surface area contributed by atoms with Crippen LogP contribution in [0.1, 0.15) is 15.9 Å². The molecule has 5 heteroatoms. The Morgan fingerprint density at radius 1 is 1.20 bits per heavy atom. The predicted octanol–water partition coefficient (Wildman–Crippen LogP) is 3.76. The first-order chi connectivity index (χ1) is 9.51. The number of carbonyl (C=O) groups excluding carboxylic acids is 1.